The van der Waals surface area contributed by atoms with Gasteiger partial charge in [0.05, 0.1) is 6.61 Å². The van der Waals surface area contributed by atoms with Crippen LogP contribution in [0.2, 0.25) is 0 Å². The third-order valence-electron chi connectivity index (χ3n) is 2.09. The molecule has 78 valence electrons. The van der Waals surface area contributed by atoms with E-state index in [1.807, 2.05) is 11.8 Å². The summed E-state index contributed by atoms with van der Waals surface area (Å²) in [5.74, 6) is 2.42. The van der Waals surface area contributed by atoms with Crippen LogP contribution < -0.4 is 5.32 Å². The van der Waals surface area contributed by atoms with Crippen LogP contribution in [0.25, 0.3) is 0 Å². The Morgan fingerprint density at radius 2 is 2.43 bits per heavy atom. The molecule has 4 nitrogen and oxygen atoms in total. The van der Waals surface area contributed by atoms with E-state index in [9.17, 15) is 0 Å². The summed E-state index contributed by atoms with van der Waals surface area (Å²) in [6, 6.07) is 0.522. The SMILES string of the molecule is OCc1nnc(NC2CCCSC2)s1. The molecule has 1 aromatic heterocycles. The molecule has 1 aliphatic heterocycles. The van der Waals surface area contributed by atoms with E-state index in [0.717, 1.165) is 10.9 Å². The van der Waals surface area contributed by atoms with Gasteiger partial charge in [0.15, 0.2) is 0 Å². The van der Waals surface area contributed by atoms with Gasteiger partial charge in [-0.15, -0.1) is 10.2 Å². The fraction of sp³-hybridized carbons (Fsp3) is 0.750. The second-order valence-corrected chi connectivity index (χ2v) is 5.43. The molecule has 14 heavy (non-hydrogen) atoms. The maximum absolute atomic E-state index is 8.83. The van der Waals surface area contributed by atoms with Crippen LogP contribution in [0.4, 0.5) is 5.13 Å². The molecule has 0 saturated carbocycles. The van der Waals surface area contributed by atoms with E-state index in [-0.39, 0.29) is 6.61 Å². The lowest BCUT2D eigenvalue weighted by atomic mass is 10.2. The van der Waals surface area contributed by atoms with Crippen LogP contribution in [-0.4, -0.2) is 32.9 Å². The first-order valence-corrected chi connectivity index (χ1v) is 6.63. The Hall–Kier alpha value is -0.330. The number of nitrogens with zero attached hydrogens (tertiary/aromatic N) is 2. The van der Waals surface area contributed by atoms with Crippen molar-refractivity contribution in [2.75, 3.05) is 16.8 Å². The van der Waals surface area contributed by atoms with Gasteiger partial charge in [-0.3, -0.25) is 0 Å². The zero-order valence-electron chi connectivity index (χ0n) is 7.77. The molecule has 0 spiro atoms. The molecule has 0 aromatic carbocycles. The van der Waals surface area contributed by atoms with Crippen molar-refractivity contribution < 1.29 is 5.11 Å². The Labute approximate surface area is 91.1 Å². The topological polar surface area (TPSA) is 58.0 Å². The zero-order chi connectivity index (χ0) is 9.80. The Morgan fingerprint density at radius 1 is 1.50 bits per heavy atom. The van der Waals surface area contributed by atoms with E-state index in [1.54, 1.807) is 0 Å². The van der Waals surface area contributed by atoms with Crippen molar-refractivity contribution in [3.05, 3.63) is 5.01 Å². The van der Waals surface area contributed by atoms with Crippen LogP contribution >= 0.6 is 23.1 Å². The number of hydrogen-bond donors (Lipinski definition) is 2. The number of rotatable bonds is 3. The Morgan fingerprint density at radius 3 is 3.07 bits per heavy atom. The number of anilines is 1. The first kappa shape index (κ1) is 10.2. The van der Waals surface area contributed by atoms with Crippen LogP contribution in [0.1, 0.15) is 17.8 Å². The normalized spacial score (nSPS) is 22.2. The third-order valence-corrected chi connectivity index (χ3v) is 4.14. The molecule has 1 unspecified atom stereocenters. The van der Waals surface area contributed by atoms with E-state index in [2.05, 4.69) is 15.5 Å². The molecule has 0 amide bonds. The van der Waals surface area contributed by atoms with E-state index in [4.69, 9.17) is 5.11 Å². The average Bonchev–Trinajstić information content (AvgIpc) is 2.67. The quantitative estimate of drug-likeness (QED) is 0.822. The summed E-state index contributed by atoms with van der Waals surface area (Å²) >= 11 is 3.41. The summed E-state index contributed by atoms with van der Waals surface area (Å²) in [7, 11) is 0. The Bertz CT molecular complexity index is 286. The third kappa shape index (κ3) is 2.59. The molecule has 2 heterocycles. The highest BCUT2D eigenvalue weighted by molar-refractivity contribution is 7.99. The minimum absolute atomic E-state index is 0.0151. The molecule has 0 bridgehead atoms. The van der Waals surface area contributed by atoms with E-state index in [1.165, 1.54) is 29.9 Å². The predicted octanol–water partition coefficient (Wildman–Crippen LogP) is 1.34. The zero-order valence-corrected chi connectivity index (χ0v) is 9.40. The van der Waals surface area contributed by atoms with E-state index >= 15 is 0 Å². The molecule has 0 radical (unpaired) electrons. The van der Waals surface area contributed by atoms with Gasteiger partial charge in [-0.1, -0.05) is 11.3 Å². The van der Waals surface area contributed by atoms with Crippen molar-refractivity contribution in [2.45, 2.75) is 25.5 Å². The molecular formula is C8H13N3OS2. The first-order chi connectivity index (χ1) is 6.88. The number of aliphatic hydroxyl groups is 1. The summed E-state index contributed by atoms with van der Waals surface area (Å²) in [5.41, 5.74) is 0. The molecule has 6 heteroatoms. The summed E-state index contributed by atoms with van der Waals surface area (Å²) in [4.78, 5) is 0. The summed E-state index contributed by atoms with van der Waals surface area (Å²) in [5, 5.41) is 21.5. The molecule has 0 aliphatic carbocycles. The standard InChI is InChI=1S/C8H13N3OS2/c12-4-7-10-11-8(14-7)9-6-2-1-3-13-5-6/h6,12H,1-5H2,(H,9,11). The molecule has 2 N–H and O–H groups in total. The van der Waals surface area contributed by atoms with Gasteiger partial charge in [0.1, 0.15) is 5.01 Å². The highest BCUT2D eigenvalue weighted by Gasteiger charge is 2.15. The van der Waals surface area contributed by atoms with Crippen LogP contribution in [0, 0.1) is 0 Å². The van der Waals surface area contributed by atoms with Crippen molar-refractivity contribution in [3.8, 4) is 0 Å². The van der Waals surface area contributed by atoms with E-state index < -0.39 is 0 Å². The summed E-state index contributed by atoms with van der Waals surface area (Å²) < 4.78 is 0. The lowest BCUT2D eigenvalue weighted by molar-refractivity contribution is 0.280. The van der Waals surface area contributed by atoms with Crippen molar-refractivity contribution in [2.24, 2.45) is 0 Å². The minimum atomic E-state index is -0.0151. The number of thioether (sulfide) groups is 1. The van der Waals surface area contributed by atoms with Crippen molar-refractivity contribution in [1.82, 2.24) is 10.2 Å². The van der Waals surface area contributed by atoms with Crippen molar-refractivity contribution in [3.63, 3.8) is 0 Å². The lowest BCUT2D eigenvalue weighted by Gasteiger charge is -2.21. The van der Waals surface area contributed by atoms with Crippen LogP contribution in [0.15, 0.2) is 0 Å². The van der Waals surface area contributed by atoms with Gasteiger partial charge in [-0.05, 0) is 18.6 Å². The number of aromatic nitrogens is 2. The van der Waals surface area contributed by atoms with Gasteiger partial charge in [-0.2, -0.15) is 11.8 Å². The van der Waals surface area contributed by atoms with Crippen LogP contribution in [0.3, 0.4) is 0 Å². The highest BCUT2D eigenvalue weighted by Crippen LogP contribution is 2.22. The first-order valence-electron chi connectivity index (χ1n) is 4.66. The number of nitrogens with one attached hydrogen (secondary N) is 1. The molecule has 1 saturated heterocycles. The molecule has 2 rings (SSSR count). The maximum atomic E-state index is 8.83. The summed E-state index contributed by atoms with van der Waals surface area (Å²) in [6.45, 7) is -0.0151. The monoisotopic (exact) mass is 231 g/mol. The van der Waals surface area contributed by atoms with Crippen LogP contribution in [-0.2, 0) is 6.61 Å². The molecule has 1 fully saturated rings. The van der Waals surface area contributed by atoms with Gasteiger partial charge in [0.25, 0.3) is 0 Å². The largest absolute Gasteiger partial charge is 0.389 e. The second kappa shape index (κ2) is 4.95. The van der Waals surface area contributed by atoms with Gasteiger partial charge in [0, 0.05) is 11.8 Å². The molecular weight excluding hydrogens is 218 g/mol. The van der Waals surface area contributed by atoms with E-state index in [0.29, 0.717) is 11.0 Å². The van der Waals surface area contributed by atoms with Gasteiger partial charge < -0.3 is 10.4 Å². The van der Waals surface area contributed by atoms with Crippen LogP contribution in [0.5, 0.6) is 0 Å². The van der Waals surface area contributed by atoms with Gasteiger partial charge in [-0.25, -0.2) is 0 Å². The van der Waals surface area contributed by atoms with Gasteiger partial charge in [0.2, 0.25) is 5.13 Å². The molecule has 1 aromatic rings. The predicted molar refractivity (Wildman–Crippen MR) is 59.8 cm³/mol. The van der Waals surface area contributed by atoms with Crippen molar-refractivity contribution in [1.29, 1.82) is 0 Å². The second-order valence-electron chi connectivity index (χ2n) is 3.22. The molecule has 1 atom stereocenters. The minimum Gasteiger partial charge on any atom is -0.389 e. The fourth-order valence-electron chi connectivity index (χ4n) is 1.41. The smallest absolute Gasteiger partial charge is 0.206 e. The number of aliphatic hydroxyl groups excluding tert-OH is 1. The maximum Gasteiger partial charge on any atom is 0.206 e. The summed E-state index contributed by atoms with van der Waals surface area (Å²) in [6.07, 6.45) is 2.48. The molecule has 1 aliphatic rings. The average molecular weight is 231 g/mol. The lowest BCUT2D eigenvalue weighted by Crippen LogP contribution is -2.25. The van der Waals surface area contributed by atoms with Crippen molar-refractivity contribution >= 4 is 28.2 Å². The Balaban J connectivity index is 1.89. The number of hydrogen-bond acceptors (Lipinski definition) is 6. The Kier molecular flexibility index (Phi) is 3.61. The highest BCUT2D eigenvalue weighted by atomic mass is 32.2. The van der Waals surface area contributed by atoms with Gasteiger partial charge >= 0.3 is 0 Å². The fourth-order valence-corrected chi connectivity index (χ4v) is 3.15.